The normalized spacial score (nSPS) is 16.5. The lowest BCUT2D eigenvalue weighted by Gasteiger charge is -2.34. The van der Waals surface area contributed by atoms with Crippen molar-refractivity contribution in [1.29, 1.82) is 0 Å². The Morgan fingerprint density at radius 2 is 2.00 bits per heavy atom. The molecule has 11 heteroatoms. The highest BCUT2D eigenvalue weighted by molar-refractivity contribution is 6.04. The van der Waals surface area contributed by atoms with Crippen molar-refractivity contribution in [2.45, 2.75) is 31.7 Å². The highest BCUT2D eigenvalue weighted by Crippen LogP contribution is 2.32. The van der Waals surface area contributed by atoms with E-state index in [0.717, 1.165) is 18.6 Å². The van der Waals surface area contributed by atoms with E-state index in [9.17, 15) is 27.9 Å². The van der Waals surface area contributed by atoms with Crippen LogP contribution < -0.4 is 5.32 Å². The molecule has 8 nitrogen and oxygen atoms in total. The van der Waals surface area contributed by atoms with Gasteiger partial charge >= 0.3 is 6.18 Å². The second-order valence-electron chi connectivity index (χ2n) is 9.56. The van der Waals surface area contributed by atoms with E-state index in [1.807, 2.05) is 23.6 Å². The molecule has 1 unspecified atom stereocenters. The summed E-state index contributed by atoms with van der Waals surface area (Å²) in [4.78, 5) is 34.1. The molecule has 1 saturated heterocycles. The maximum Gasteiger partial charge on any atom is 0.416 e. The van der Waals surface area contributed by atoms with Gasteiger partial charge in [-0.3, -0.25) is 14.9 Å². The zero-order chi connectivity index (χ0) is 27.4. The van der Waals surface area contributed by atoms with Gasteiger partial charge in [-0.2, -0.15) is 13.2 Å². The van der Waals surface area contributed by atoms with Crippen molar-refractivity contribution in [2.75, 3.05) is 39.0 Å². The van der Waals surface area contributed by atoms with Crippen molar-refractivity contribution in [2.24, 2.45) is 0 Å². The number of aromatic nitrogens is 2. The van der Waals surface area contributed by atoms with Gasteiger partial charge in [0.1, 0.15) is 0 Å². The summed E-state index contributed by atoms with van der Waals surface area (Å²) in [5.41, 5.74) is 0.759. The van der Waals surface area contributed by atoms with E-state index in [1.54, 1.807) is 35.3 Å². The number of fused-ring (bicyclic) bond motifs is 1. The molecule has 1 aliphatic rings. The quantitative estimate of drug-likeness (QED) is 0.450. The number of nitrogens with zero attached hydrogens (tertiary/aromatic N) is 4. The Morgan fingerprint density at radius 3 is 2.71 bits per heavy atom. The van der Waals surface area contributed by atoms with E-state index < -0.39 is 17.6 Å². The minimum atomic E-state index is -4.58. The molecule has 1 aromatic heterocycles. The van der Waals surface area contributed by atoms with E-state index in [4.69, 9.17) is 0 Å². The van der Waals surface area contributed by atoms with Crippen molar-refractivity contribution in [1.82, 2.24) is 19.4 Å². The Labute approximate surface area is 218 Å². The summed E-state index contributed by atoms with van der Waals surface area (Å²) in [5.74, 6) is -0.677. The molecule has 0 aliphatic carbocycles. The van der Waals surface area contributed by atoms with E-state index in [2.05, 4.69) is 10.3 Å². The number of nitrogens with one attached hydrogen (secondary N) is 1. The van der Waals surface area contributed by atoms with Gasteiger partial charge in [-0.1, -0.05) is 18.2 Å². The molecule has 2 heterocycles. The molecule has 2 amide bonds. The lowest BCUT2D eigenvalue weighted by molar-refractivity contribution is -0.137. The van der Waals surface area contributed by atoms with Crippen LogP contribution in [-0.2, 0) is 17.6 Å². The van der Waals surface area contributed by atoms with E-state index in [0.29, 0.717) is 42.7 Å². The SMILES string of the molecule is CN(C)C/C=C/C(=O)N1CCCC(n2c(NC(=O)c3cccc(C(F)(F)F)c3)nc3cc(CO)ccc32)C1. The van der Waals surface area contributed by atoms with Crippen LogP contribution >= 0.6 is 0 Å². The molecule has 1 atom stereocenters. The van der Waals surface area contributed by atoms with Gasteiger partial charge in [-0.15, -0.1) is 0 Å². The van der Waals surface area contributed by atoms with E-state index in [-0.39, 0.29) is 30.1 Å². The number of imidazole rings is 1. The first-order valence-electron chi connectivity index (χ1n) is 12.3. The van der Waals surface area contributed by atoms with Crippen LogP contribution in [0.4, 0.5) is 19.1 Å². The summed E-state index contributed by atoms with van der Waals surface area (Å²) < 4.78 is 41.4. The van der Waals surface area contributed by atoms with E-state index in [1.165, 1.54) is 12.1 Å². The molecular weight excluding hydrogens is 499 g/mol. The van der Waals surface area contributed by atoms with Crippen molar-refractivity contribution in [3.05, 3.63) is 71.3 Å². The number of likely N-dealkylation sites (N-methyl/N-ethyl adjacent to an activating group) is 1. The van der Waals surface area contributed by atoms with Crippen LogP contribution in [-0.4, -0.2) is 70.0 Å². The van der Waals surface area contributed by atoms with Gasteiger partial charge in [0.15, 0.2) is 0 Å². The number of hydrogen-bond acceptors (Lipinski definition) is 5. The van der Waals surface area contributed by atoms with Crippen molar-refractivity contribution in [3.63, 3.8) is 0 Å². The van der Waals surface area contributed by atoms with Crippen LogP contribution in [0.15, 0.2) is 54.6 Å². The lowest BCUT2D eigenvalue weighted by atomic mass is 10.0. The molecule has 0 radical (unpaired) electrons. The summed E-state index contributed by atoms with van der Waals surface area (Å²) in [6.45, 7) is 1.41. The number of likely N-dealkylation sites (tertiary alicyclic amines) is 1. The first kappa shape index (κ1) is 27.3. The fourth-order valence-electron chi connectivity index (χ4n) is 4.55. The number of benzene rings is 2. The maximum absolute atomic E-state index is 13.2. The second-order valence-corrected chi connectivity index (χ2v) is 9.56. The van der Waals surface area contributed by atoms with Gasteiger partial charge in [0.05, 0.1) is 29.2 Å². The number of hydrogen-bond donors (Lipinski definition) is 2. The maximum atomic E-state index is 13.2. The number of carbonyl (C=O) groups is 2. The second kappa shape index (κ2) is 11.4. The van der Waals surface area contributed by atoms with Crippen molar-refractivity contribution >= 4 is 28.8 Å². The van der Waals surface area contributed by atoms with Gasteiger partial charge < -0.3 is 19.5 Å². The molecule has 1 fully saturated rings. The van der Waals surface area contributed by atoms with Crippen LogP contribution in [0.25, 0.3) is 11.0 Å². The predicted molar refractivity (Wildman–Crippen MR) is 138 cm³/mol. The average Bonchev–Trinajstić information content (AvgIpc) is 3.24. The Hall–Kier alpha value is -3.70. The predicted octanol–water partition coefficient (Wildman–Crippen LogP) is 4.08. The van der Waals surface area contributed by atoms with Crippen LogP contribution in [0.1, 0.15) is 40.4 Å². The van der Waals surface area contributed by atoms with Gasteiger partial charge in [-0.05, 0) is 62.8 Å². The molecule has 2 aromatic carbocycles. The molecule has 0 saturated carbocycles. The number of aliphatic hydroxyl groups is 1. The zero-order valence-corrected chi connectivity index (χ0v) is 21.2. The van der Waals surface area contributed by atoms with Crippen LogP contribution in [0.5, 0.6) is 0 Å². The Morgan fingerprint density at radius 1 is 1.21 bits per heavy atom. The largest absolute Gasteiger partial charge is 0.416 e. The zero-order valence-electron chi connectivity index (χ0n) is 21.2. The summed E-state index contributed by atoms with van der Waals surface area (Å²) in [6, 6.07) is 9.19. The number of anilines is 1. The Bertz CT molecular complexity index is 1350. The van der Waals surface area contributed by atoms with Gasteiger partial charge in [0, 0.05) is 31.3 Å². The number of halogens is 3. The molecule has 1 aliphatic heterocycles. The lowest BCUT2D eigenvalue weighted by Crippen LogP contribution is -2.40. The number of carbonyl (C=O) groups excluding carboxylic acids is 2. The van der Waals surface area contributed by atoms with Crippen molar-refractivity contribution < 1.29 is 27.9 Å². The minimum Gasteiger partial charge on any atom is -0.392 e. The topological polar surface area (TPSA) is 90.7 Å². The molecule has 0 bridgehead atoms. The monoisotopic (exact) mass is 529 g/mol. The van der Waals surface area contributed by atoms with Crippen molar-refractivity contribution in [3.8, 4) is 0 Å². The summed E-state index contributed by atoms with van der Waals surface area (Å²) >= 11 is 0. The summed E-state index contributed by atoms with van der Waals surface area (Å²) in [6.07, 6.45) is 0.218. The standard InChI is InChI=1S/C27H30F3N5O3/c1-33(2)12-5-9-24(37)34-13-4-8-21(16-34)35-23-11-10-18(17-36)14-22(23)31-26(35)32-25(38)19-6-3-7-20(15-19)27(28,29)30/h3,5-7,9-11,14-15,21,36H,4,8,12-13,16-17H2,1-2H3,(H,31,32,38)/b9-5+. The molecule has 38 heavy (non-hydrogen) atoms. The molecule has 202 valence electrons. The minimum absolute atomic E-state index is 0.113. The number of amides is 2. The van der Waals surface area contributed by atoms with Crippen LogP contribution in [0, 0.1) is 0 Å². The Kier molecular flexibility index (Phi) is 8.17. The molecule has 2 N–H and O–H groups in total. The molecule has 0 spiro atoms. The fraction of sp³-hybridized carbons (Fsp3) is 0.370. The summed E-state index contributed by atoms with van der Waals surface area (Å²) in [7, 11) is 3.82. The van der Waals surface area contributed by atoms with Gasteiger partial charge in [0.2, 0.25) is 11.9 Å². The average molecular weight is 530 g/mol. The highest BCUT2D eigenvalue weighted by atomic mass is 19.4. The molecule has 4 rings (SSSR count). The number of rotatable bonds is 7. The third kappa shape index (κ3) is 6.22. The first-order chi connectivity index (χ1) is 18.1. The number of aliphatic hydroxyl groups excluding tert-OH is 1. The smallest absolute Gasteiger partial charge is 0.392 e. The first-order valence-corrected chi connectivity index (χ1v) is 12.3. The molecular formula is C27H30F3N5O3. The Balaban J connectivity index is 1.66. The van der Waals surface area contributed by atoms with Gasteiger partial charge in [-0.25, -0.2) is 4.98 Å². The van der Waals surface area contributed by atoms with Crippen LogP contribution in [0.3, 0.4) is 0 Å². The number of alkyl halides is 3. The fourth-order valence-corrected chi connectivity index (χ4v) is 4.55. The molecule has 3 aromatic rings. The third-order valence-corrected chi connectivity index (χ3v) is 6.42. The number of piperidine rings is 1. The van der Waals surface area contributed by atoms with Gasteiger partial charge in [0.25, 0.3) is 5.91 Å². The van der Waals surface area contributed by atoms with E-state index >= 15 is 0 Å². The third-order valence-electron chi connectivity index (χ3n) is 6.42. The van der Waals surface area contributed by atoms with Crippen LogP contribution in [0.2, 0.25) is 0 Å². The highest BCUT2D eigenvalue weighted by Gasteiger charge is 2.31. The summed E-state index contributed by atoms with van der Waals surface area (Å²) in [5, 5.41) is 12.2.